The van der Waals surface area contributed by atoms with E-state index < -0.39 is 12.1 Å². The summed E-state index contributed by atoms with van der Waals surface area (Å²) < 4.78 is 13.5. The second-order valence-electron chi connectivity index (χ2n) is 9.65. The van der Waals surface area contributed by atoms with Crippen LogP contribution in [0, 0.1) is 17.7 Å². The number of amides is 2. The summed E-state index contributed by atoms with van der Waals surface area (Å²) in [5, 5.41) is 5.98. The lowest BCUT2D eigenvalue weighted by atomic mass is 9.98. The molecule has 2 aliphatic heterocycles. The number of benzene rings is 1. The van der Waals surface area contributed by atoms with Gasteiger partial charge in [-0.1, -0.05) is 24.3 Å². The summed E-state index contributed by atoms with van der Waals surface area (Å²) in [6.07, 6.45) is 10.2. The number of amidine groups is 1. The third-order valence-corrected chi connectivity index (χ3v) is 7.40. The van der Waals surface area contributed by atoms with Gasteiger partial charge in [0, 0.05) is 25.4 Å². The third kappa shape index (κ3) is 3.83. The lowest BCUT2D eigenvalue weighted by molar-refractivity contribution is -0.124. The van der Waals surface area contributed by atoms with E-state index >= 15 is 0 Å². The summed E-state index contributed by atoms with van der Waals surface area (Å²) in [5.41, 5.74) is 2.38. The first-order valence-corrected chi connectivity index (χ1v) is 12.0. The number of allylic oxidation sites excluding steroid dienone is 2. The maximum absolute atomic E-state index is 13.5. The van der Waals surface area contributed by atoms with Crippen molar-refractivity contribution in [2.24, 2.45) is 16.8 Å². The van der Waals surface area contributed by atoms with Gasteiger partial charge in [0.2, 0.25) is 11.8 Å². The van der Waals surface area contributed by atoms with E-state index in [1.807, 2.05) is 41.5 Å². The Balaban J connectivity index is 1.19. The molecule has 2 N–H and O–H groups in total. The van der Waals surface area contributed by atoms with Crippen LogP contribution in [0.15, 0.2) is 77.6 Å². The molecule has 3 heterocycles. The molecule has 2 fully saturated rings. The summed E-state index contributed by atoms with van der Waals surface area (Å²) in [4.78, 5) is 37.0. The first-order chi connectivity index (χ1) is 17.0. The van der Waals surface area contributed by atoms with Gasteiger partial charge in [0.05, 0.1) is 11.2 Å². The molecule has 2 amide bonds. The standard InChI is InChI=1S/C27H26FN5O2/c1-29-26(35)24-23(16-5-8-18(28)9-6-16)31-22-10-7-17(15-33(22)24)19-14-20(19)25(34)32-27(11-12-27)21-4-2-3-13-30-21/h2-10,13,15,19-20,23-24H,11-12,14H2,1H3,(H,29,35)(H,32,34). The number of fused-ring (bicyclic) bond motifs is 1. The molecule has 7 nitrogen and oxygen atoms in total. The largest absolute Gasteiger partial charge is 0.357 e. The van der Waals surface area contributed by atoms with E-state index in [9.17, 15) is 14.0 Å². The van der Waals surface area contributed by atoms with Crippen molar-refractivity contribution in [1.82, 2.24) is 20.5 Å². The van der Waals surface area contributed by atoms with Crippen LogP contribution in [0.1, 0.15) is 36.6 Å². The SMILES string of the molecule is CNC(=O)C1C(c2ccc(F)cc2)N=C2C=CC(C3CC3C(=O)NC3(c4ccccn4)CC3)=CN21. The highest BCUT2D eigenvalue weighted by Crippen LogP contribution is 2.50. The Hall–Kier alpha value is -3.81. The Morgan fingerprint density at radius 2 is 1.89 bits per heavy atom. The number of halogens is 1. The fourth-order valence-electron chi connectivity index (χ4n) is 5.18. The maximum Gasteiger partial charge on any atom is 0.245 e. The summed E-state index contributed by atoms with van der Waals surface area (Å²) in [6.45, 7) is 0. The molecule has 2 saturated carbocycles. The van der Waals surface area contributed by atoms with Gasteiger partial charge < -0.3 is 15.5 Å². The number of nitrogens with one attached hydrogen (secondary N) is 2. The van der Waals surface area contributed by atoms with Gasteiger partial charge in [-0.25, -0.2) is 4.39 Å². The van der Waals surface area contributed by atoms with Gasteiger partial charge in [-0.05, 0) is 66.7 Å². The van der Waals surface area contributed by atoms with Crippen molar-refractivity contribution in [2.45, 2.75) is 36.9 Å². The lowest BCUT2D eigenvalue weighted by Gasteiger charge is -2.28. The van der Waals surface area contributed by atoms with E-state index in [0.717, 1.165) is 36.1 Å². The minimum atomic E-state index is -0.578. The predicted molar refractivity (Wildman–Crippen MR) is 128 cm³/mol. The zero-order valence-corrected chi connectivity index (χ0v) is 19.3. The van der Waals surface area contributed by atoms with Gasteiger partial charge in [-0.2, -0.15) is 0 Å². The lowest BCUT2D eigenvalue weighted by Crippen LogP contribution is -2.45. The molecular formula is C27H26FN5O2. The number of aliphatic imine (C=N–C) groups is 1. The zero-order valence-electron chi connectivity index (χ0n) is 19.3. The van der Waals surface area contributed by atoms with Crippen molar-refractivity contribution < 1.29 is 14.0 Å². The third-order valence-electron chi connectivity index (χ3n) is 7.40. The number of carbonyl (C=O) groups is 2. The fourth-order valence-corrected chi connectivity index (χ4v) is 5.18. The molecule has 0 bridgehead atoms. The van der Waals surface area contributed by atoms with Crippen LogP contribution >= 0.6 is 0 Å². The van der Waals surface area contributed by atoms with Crippen molar-refractivity contribution in [3.8, 4) is 0 Å². The quantitative estimate of drug-likeness (QED) is 0.678. The van der Waals surface area contributed by atoms with E-state index in [0.29, 0.717) is 5.84 Å². The molecule has 6 rings (SSSR count). The predicted octanol–water partition coefficient (Wildman–Crippen LogP) is 2.99. The first-order valence-electron chi connectivity index (χ1n) is 12.0. The molecular weight excluding hydrogens is 445 g/mol. The van der Waals surface area contributed by atoms with Crippen LogP contribution in [-0.4, -0.2) is 40.6 Å². The van der Waals surface area contributed by atoms with Crippen LogP contribution in [0.3, 0.4) is 0 Å². The van der Waals surface area contributed by atoms with Crippen molar-refractivity contribution in [2.75, 3.05) is 7.05 Å². The van der Waals surface area contributed by atoms with Crippen LogP contribution in [0.2, 0.25) is 0 Å². The molecule has 8 heteroatoms. The number of hydrogen-bond acceptors (Lipinski definition) is 5. The number of hydrogen-bond donors (Lipinski definition) is 2. The molecule has 1 aromatic heterocycles. The van der Waals surface area contributed by atoms with E-state index in [4.69, 9.17) is 4.99 Å². The van der Waals surface area contributed by atoms with Crippen molar-refractivity contribution >= 4 is 17.6 Å². The topological polar surface area (TPSA) is 86.7 Å². The highest BCUT2D eigenvalue weighted by atomic mass is 19.1. The Morgan fingerprint density at radius 3 is 2.57 bits per heavy atom. The first kappa shape index (κ1) is 21.7. The van der Waals surface area contributed by atoms with E-state index in [1.165, 1.54) is 12.1 Å². The van der Waals surface area contributed by atoms with Crippen LogP contribution in [0.4, 0.5) is 4.39 Å². The highest BCUT2D eigenvalue weighted by Gasteiger charge is 2.52. The summed E-state index contributed by atoms with van der Waals surface area (Å²) in [6, 6.07) is 10.9. The Labute approximate surface area is 202 Å². The molecule has 4 unspecified atom stereocenters. The molecule has 4 aliphatic rings. The van der Waals surface area contributed by atoms with Crippen LogP contribution in [-0.2, 0) is 15.1 Å². The number of rotatable bonds is 6. The van der Waals surface area contributed by atoms with Gasteiger partial charge in [0.25, 0.3) is 0 Å². The zero-order chi connectivity index (χ0) is 24.2. The highest BCUT2D eigenvalue weighted by molar-refractivity contribution is 6.02. The van der Waals surface area contributed by atoms with Gasteiger partial charge in [0.15, 0.2) is 0 Å². The van der Waals surface area contributed by atoms with Crippen molar-refractivity contribution in [3.63, 3.8) is 0 Å². The number of carbonyl (C=O) groups excluding carboxylic acids is 2. The number of pyridine rings is 1. The number of nitrogens with zero attached hydrogens (tertiary/aromatic N) is 3. The minimum Gasteiger partial charge on any atom is -0.357 e. The number of likely N-dealkylation sites (N-methyl/N-ethyl adjacent to an activating group) is 1. The van der Waals surface area contributed by atoms with E-state index in [-0.39, 0.29) is 35.0 Å². The van der Waals surface area contributed by atoms with Gasteiger partial charge in [-0.15, -0.1) is 0 Å². The van der Waals surface area contributed by atoms with Gasteiger partial charge in [0.1, 0.15) is 23.7 Å². The summed E-state index contributed by atoms with van der Waals surface area (Å²) in [5.74, 6) is 0.248. The van der Waals surface area contributed by atoms with Crippen molar-refractivity contribution in [1.29, 1.82) is 0 Å². The average Bonchev–Trinajstić information content (AvgIpc) is 3.81. The van der Waals surface area contributed by atoms with E-state index in [2.05, 4.69) is 15.6 Å². The molecule has 178 valence electrons. The van der Waals surface area contributed by atoms with Gasteiger partial charge in [-0.3, -0.25) is 19.6 Å². The van der Waals surface area contributed by atoms with Crippen LogP contribution < -0.4 is 10.6 Å². The molecule has 4 atom stereocenters. The molecule has 0 radical (unpaired) electrons. The normalized spacial score (nSPS) is 27.4. The summed E-state index contributed by atoms with van der Waals surface area (Å²) in [7, 11) is 1.60. The molecule has 35 heavy (non-hydrogen) atoms. The van der Waals surface area contributed by atoms with E-state index in [1.54, 1.807) is 25.4 Å². The van der Waals surface area contributed by atoms with Crippen LogP contribution in [0.5, 0.6) is 0 Å². The Bertz CT molecular complexity index is 1270. The van der Waals surface area contributed by atoms with Crippen molar-refractivity contribution in [3.05, 3.63) is 89.7 Å². The summed E-state index contributed by atoms with van der Waals surface area (Å²) >= 11 is 0. The maximum atomic E-state index is 13.5. The number of aromatic nitrogens is 1. The molecule has 0 saturated heterocycles. The monoisotopic (exact) mass is 471 g/mol. The van der Waals surface area contributed by atoms with Gasteiger partial charge >= 0.3 is 0 Å². The fraction of sp³-hybridized carbons (Fsp3) is 0.333. The molecule has 0 spiro atoms. The second-order valence-corrected chi connectivity index (χ2v) is 9.65. The van der Waals surface area contributed by atoms with Crippen LogP contribution in [0.25, 0.3) is 0 Å². The smallest absolute Gasteiger partial charge is 0.245 e. The molecule has 2 aliphatic carbocycles. The Kier molecular flexibility index (Phi) is 5.05. The molecule has 1 aromatic carbocycles. The second kappa shape index (κ2) is 8.15. The average molecular weight is 472 g/mol. The Morgan fingerprint density at radius 1 is 1.09 bits per heavy atom. The minimum absolute atomic E-state index is 0.0559. The molecule has 2 aromatic rings.